The molecule has 1 amide bonds. The fourth-order valence-electron chi connectivity index (χ4n) is 2.48. The van der Waals surface area contributed by atoms with Gasteiger partial charge in [-0.25, -0.2) is 0 Å². The number of fused-ring (bicyclic) bond motifs is 1. The first-order chi connectivity index (χ1) is 12.3. The molecule has 1 aromatic carbocycles. The summed E-state index contributed by atoms with van der Waals surface area (Å²) in [7, 11) is 1.39. The van der Waals surface area contributed by atoms with Crippen LogP contribution in [0.5, 0.6) is 0 Å². The molecular formula is C17H18F3NO5. The van der Waals surface area contributed by atoms with Crippen LogP contribution >= 0.6 is 0 Å². The lowest BCUT2D eigenvalue weighted by molar-refractivity contribution is -0.153. The fraction of sp³-hybridized carbons (Fsp3) is 0.412. The van der Waals surface area contributed by atoms with Crippen LogP contribution in [-0.2, 0) is 20.9 Å². The van der Waals surface area contributed by atoms with E-state index in [0.717, 1.165) is 0 Å². The van der Waals surface area contributed by atoms with Gasteiger partial charge in [0, 0.05) is 18.1 Å². The van der Waals surface area contributed by atoms with Crippen molar-refractivity contribution in [1.29, 1.82) is 0 Å². The third-order valence-electron chi connectivity index (χ3n) is 3.46. The van der Waals surface area contributed by atoms with Crippen molar-refractivity contribution in [2.24, 2.45) is 0 Å². The Balaban J connectivity index is 2.41. The maximum absolute atomic E-state index is 12.9. The SMILES string of the molecule is CCOC(=O)CN(CC(F)(F)F)C(=O)c1oc2ccccc2c1COC. The normalized spacial score (nSPS) is 11.6. The van der Waals surface area contributed by atoms with Gasteiger partial charge in [0.2, 0.25) is 0 Å². The Labute approximate surface area is 147 Å². The van der Waals surface area contributed by atoms with Crippen LogP contribution in [0.3, 0.4) is 0 Å². The van der Waals surface area contributed by atoms with Crippen molar-refractivity contribution >= 4 is 22.8 Å². The van der Waals surface area contributed by atoms with Gasteiger partial charge < -0.3 is 18.8 Å². The Kier molecular flexibility index (Phi) is 6.25. The predicted molar refractivity (Wildman–Crippen MR) is 85.5 cm³/mol. The van der Waals surface area contributed by atoms with Crippen LogP contribution in [0.2, 0.25) is 0 Å². The number of carbonyl (C=O) groups is 2. The molecule has 0 radical (unpaired) electrons. The number of furan rings is 1. The minimum absolute atomic E-state index is 0.00750. The lowest BCUT2D eigenvalue weighted by Gasteiger charge is -2.22. The van der Waals surface area contributed by atoms with Crippen molar-refractivity contribution in [3.63, 3.8) is 0 Å². The second-order valence-electron chi connectivity index (χ2n) is 5.42. The smallest absolute Gasteiger partial charge is 0.406 e. The Morgan fingerprint density at radius 2 is 1.92 bits per heavy atom. The molecule has 0 aliphatic carbocycles. The number of alkyl halides is 3. The predicted octanol–water partition coefficient (Wildman–Crippen LogP) is 3.15. The highest BCUT2D eigenvalue weighted by atomic mass is 19.4. The highest BCUT2D eigenvalue weighted by Gasteiger charge is 2.36. The van der Waals surface area contributed by atoms with Gasteiger partial charge in [0.05, 0.1) is 13.2 Å². The molecule has 26 heavy (non-hydrogen) atoms. The van der Waals surface area contributed by atoms with E-state index in [4.69, 9.17) is 9.15 Å². The molecule has 0 atom stereocenters. The summed E-state index contributed by atoms with van der Waals surface area (Å²) in [6.45, 7) is -0.961. The molecule has 1 heterocycles. The number of para-hydroxylation sites is 1. The first-order valence-electron chi connectivity index (χ1n) is 7.77. The van der Waals surface area contributed by atoms with E-state index >= 15 is 0 Å². The van der Waals surface area contributed by atoms with Crippen molar-refractivity contribution in [3.8, 4) is 0 Å². The number of nitrogens with zero attached hydrogens (tertiary/aromatic N) is 1. The van der Waals surface area contributed by atoms with Gasteiger partial charge in [-0.1, -0.05) is 18.2 Å². The van der Waals surface area contributed by atoms with Crippen molar-refractivity contribution in [2.75, 3.05) is 26.8 Å². The number of ether oxygens (including phenoxy) is 2. The van der Waals surface area contributed by atoms with E-state index in [-0.39, 0.29) is 19.0 Å². The van der Waals surface area contributed by atoms with Crippen LogP contribution in [0.1, 0.15) is 23.0 Å². The fourth-order valence-corrected chi connectivity index (χ4v) is 2.48. The number of hydrogen-bond acceptors (Lipinski definition) is 5. The highest BCUT2D eigenvalue weighted by molar-refractivity contribution is 6.00. The van der Waals surface area contributed by atoms with Gasteiger partial charge in [-0.3, -0.25) is 9.59 Å². The van der Waals surface area contributed by atoms with Crippen LogP contribution in [-0.4, -0.2) is 49.8 Å². The number of benzene rings is 1. The molecule has 142 valence electrons. The molecule has 0 fully saturated rings. The summed E-state index contributed by atoms with van der Waals surface area (Å²) in [6, 6.07) is 6.63. The minimum Gasteiger partial charge on any atom is -0.465 e. The molecule has 0 bridgehead atoms. The van der Waals surface area contributed by atoms with Crippen molar-refractivity contribution in [1.82, 2.24) is 4.90 Å². The Hall–Kier alpha value is -2.55. The van der Waals surface area contributed by atoms with Gasteiger partial charge in [-0.05, 0) is 13.0 Å². The molecule has 0 saturated heterocycles. The summed E-state index contributed by atoms with van der Waals surface area (Å²) in [4.78, 5) is 24.7. The first kappa shape index (κ1) is 19.8. The number of halogens is 3. The molecule has 0 spiro atoms. The molecule has 9 heteroatoms. The maximum Gasteiger partial charge on any atom is 0.406 e. The molecule has 2 rings (SSSR count). The molecule has 0 unspecified atom stereocenters. The third kappa shape index (κ3) is 4.75. The van der Waals surface area contributed by atoms with Crippen LogP contribution in [0, 0.1) is 0 Å². The van der Waals surface area contributed by atoms with Gasteiger partial charge in [0.1, 0.15) is 18.7 Å². The summed E-state index contributed by atoms with van der Waals surface area (Å²) in [5, 5.41) is 0.556. The van der Waals surface area contributed by atoms with E-state index < -0.39 is 31.1 Å². The van der Waals surface area contributed by atoms with Gasteiger partial charge >= 0.3 is 12.1 Å². The van der Waals surface area contributed by atoms with Gasteiger partial charge in [-0.15, -0.1) is 0 Å². The zero-order chi connectivity index (χ0) is 19.3. The largest absolute Gasteiger partial charge is 0.465 e. The van der Waals surface area contributed by atoms with E-state index in [1.165, 1.54) is 14.0 Å². The Morgan fingerprint density at radius 1 is 1.23 bits per heavy atom. The summed E-state index contributed by atoms with van der Waals surface area (Å²) in [6.07, 6.45) is -4.68. The lowest BCUT2D eigenvalue weighted by atomic mass is 10.1. The summed E-state index contributed by atoms with van der Waals surface area (Å²) in [5.74, 6) is -2.28. The highest BCUT2D eigenvalue weighted by Crippen LogP contribution is 2.28. The van der Waals surface area contributed by atoms with Crippen molar-refractivity contribution < 1.29 is 36.7 Å². The van der Waals surface area contributed by atoms with E-state index in [1.54, 1.807) is 24.3 Å². The van der Waals surface area contributed by atoms with Crippen molar-refractivity contribution in [2.45, 2.75) is 19.7 Å². The average Bonchev–Trinajstić information content (AvgIpc) is 2.92. The van der Waals surface area contributed by atoms with E-state index in [0.29, 0.717) is 21.4 Å². The molecule has 2 aromatic rings. The topological polar surface area (TPSA) is 69.0 Å². The third-order valence-corrected chi connectivity index (χ3v) is 3.46. The van der Waals surface area contributed by atoms with Crippen LogP contribution in [0.15, 0.2) is 28.7 Å². The quantitative estimate of drug-likeness (QED) is 0.698. The van der Waals surface area contributed by atoms with Gasteiger partial charge in [0.25, 0.3) is 5.91 Å². The van der Waals surface area contributed by atoms with Crippen molar-refractivity contribution in [3.05, 3.63) is 35.6 Å². The van der Waals surface area contributed by atoms with Crippen LogP contribution < -0.4 is 0 Å². The molecule has 0 N–H and O–H groups in total. The monoisotopic (exact) mass is 373 g/mol. The first-order valence-corrected chi connectivity index (χ1v) is 7.77. The molecule has 0 aliphatic heterocycles. The lowest BCUT2D eigenvalue weighted by Crippen LogP contribution is -2.42. The Morgan fingerprint density at radius 3 is 2.54 bits per heavy atom. The second-order valence-corrected chi connectivity index (χ2v) is 5.42. The minimum atomic E-state index is -4.68. The number of amides is 1. The summed E-state index contributed by atoms with van der Waals surface area (Å²) >= 11 is 0. The standard InChI is InChI=1S/C17H18F3NO5/c1-3-25-14(22)8-21(10-17(18,19)20)16(23)15-12(9-24-2)11-6-4-5-7-13(11)26-15/h4-7H,3,8-10H2,1-2H3. The van der Waals surface area contributed by atoms with Crippen LogP contribution in [0.4, 0.5) is 13.2 Å². The molecular weight excluding hydrogens is 355 g/mol. The number of esters is 1. The van der Waals surface area contributed by atoms with Gasteiger partial charge in [0.15, 0.2) is 5.76 Å². The summed E-state index contributed by atoms with van der Waals surface area (Å²) in [5.41, 5.74) is 0.662. The zero-order valence-corrected chi connectivity index (χ0v) is 14.3. The summed E-state index contributed by atoms with van der Waals surface area (Å²) < 4.78 is 53.8. The number of carbonyl (C=O) groups excluding carboxylic acids is 2. The Bertz CT molecular complexity index is 784. The van der Waals surface area contributed by atoms with Crippen LogP contribution in [0.25, 0.3) is 11.0 Å². The molecule has 6 nitrogen and oxygen atoms in total. The second kappa shape index (κ2) is 8.22. The number of rotatable bonds is 7. The molecule has 1 aromatic heterocycles. The van der Waals surface area contributed by atoms with E-state index in [1.807, 2.05) is 0 Å². The number of methoxy groups -OCH3 is 1. The maximum atomic E-state index is 12.9. The molecule has 0 aliphatic rings. The number of hydrogen-bond donors (Lipinski definition) is 0. The van der Waals surface area contributed by atoms with Gasteiger partial charge in [-0.2, -0.15) is 13.2 Å². The zero-order valence-electron chi connectivity index (χ0n) is 14.3. The van der Waals surface area contributed by atoms with E-state index in [9.17, 15) is 22.8 Å². The molecule has 0 saturated carbocycles. The average molecular weight is 373 g/mol. The van der Waals surface area contributed by atoms with E-state index in [2.05, 4.69) is 4.74 Å².